The van der Waals surface area contributed by atoms with E-state index in [9.17, 15) is 14.3 Å². The van der Waals surface area contributed by atoms with Crippen LogP contribution in [0.25, 0.3) is 0 Å². The van der Waals surface area contributed by atoms with E-state index < -0.39 is 13.9 Å². The number of nitrogens with zero attached hydrogens (tertiary/aromatic N) is 1. The molecule has 9 heteroatoms. The third-order valence-electron chi connectivity index (χ3n) is 12.9. The molecule has 0 aliphatic carbocycles. The van der Waals surface area contributed by atoms with Crippen molar-refractivity contribution in [2.75, 3.05) is 54.1 Å². The van der Waals surface area contributed by atoms with Crippen LogP contribution in [0.15, 0.2) is 0 Å². The van der Waals surface area contributed by atoms with Crippen molar-refractivity contribution in [2.24, 2.45) is 0 Å². The smallest absolute Gasteiger partial charge is 0.457 e. The maximum absolute atomic E-state index is 12.8. The molecule has 8 nitrogen and oxygen atoms in total. The fraction of sp³-hybridized carbons (Fsp3) is 0.982. The summed E-state index contributed by atoms with van der Waals surface area (Å²) >= 11 is 0. The fourth-order valence-corrected chi connectivity index (χ4v) is 9.30. The van der Waals surface area contributed by atoms with Crippen molar-refractivity contribution in [2.45, 2.75) is 296 Å². The molecular weight excluding hydrogens is 818 g/mol. The zero-order chi connectivity index (χ0) is 46.9. The number of hydrogen-bond acceptors (Lipinski definition) is 6. The minimum absolute atomic E-state index is 0.0944. The number of likely N-dealkylation sites (N-methyl/N-ethyl adjacent to an activating group) is 1. The molecule has 0 amide bonds. The Kier molecular flexibility index (Phi) is 48.6. The Morgan fingerprint density at radius 2 is 0.719 bits per heavy atom. The number of phosphoric ester groups is 1. The molecule has 0 aromatic heterocycles. The molecule has 2 unspecified atom stereocenters. The molecule has 384 valence electrons. The van der Waals surface area contributed by atoms with E-state index in [0.29, 0.717) is 24.1 Å². The Labute approximate surface area is 399 Å². The van der Waals surface area contributed by atoms with E-state index >= 15 is 0 Å². The predicted octanol–water partition coefficient (Wildman–Crippen LogP) is 17.6. The molecule has 0 aliphatic heterocycles. The minimum atomic E-state index is -4.27. The van der Waals surface area contributed by atoms with Gasteiger partial charge in [0.1, 0.15) is 19.3 Å². The zero-order valence-electron chi connectivity index (χ0n) is 43.8. The van der Waals surface area contributed by atoms with E-state index in [1.54, 1.807) is 0 Å². The standard InChI is InChI=1S/C55H112NO7P/c1-6-8-10-12-14-16-18-20-22-24-26-27-28-29-31-33-35-37-39-41-43-45-47-50-60-52-54(53-62-64(58,59)61-51-49-56(3,4)5)63-55(57)48-46-44-42-40-38-36-34-32-30-25-23-21-19-17-15-13-11-9-7-2/h54H,6-53H2,1-5H3/p+1. The molecule has 0 rings (SSSR count). The first kappa shape index (κ1) is 63.5. The van der Waals surface area contributed by atoms with E-state index in [0.717, 1.165) is 32.1 Å². The lowest BCUT2D eigenvalue weighted by Gasteiger charge is -2.24. The Morgan fingerprint density at radius 3 is 1.03 bits per heavy atom. The molecule has 0 fully saturated rings. The van der Waals surface area contributed by atoms with Gasteiger partial charge in [-0.2, -0.15) is 0 Å². The van der Waals surface area contributed by atoms with Gasteiger partial charge < -0.3 is 18.9 Å². The molecule has 1 N–H and O–H groups in total. The van der Waals surface area contributed by atoms with Crippen LogP contribution in [0.4, 0.5) is 0 Å². The normalized spacial score (nSPS) is 13.4. The van der Waals surface area contributed by atoms with Gasteiger partial charge in [0.2, 0.25) is 0 Å². The molecule has 0 aliphatic rings. The number of esters is 1. The highest BCUT2D eigenvalue weighted by molar-refractivity contribution is 7.47. The SMILES string of the molecule is CCCCCCCCCCCCCCCCCCCCCCCCCOCC(COP(=O)(O)OCC[N+](C)(C)C)OC(=O)CCCCCCCCCCCCCCCCCCCCC. The van der Waals surface area contributed by atoms with E-state index in [1.807, 2.05) is 21.1 Å². The van der Waals surface area contributed by atoms with Crippen LogP contribution in [0.3, 0.4) is 0 Å². The van der Waals surface area contributed by atoms with Crippen LogP contribution in [0, 0.1) is 0 Å². The van der Waals surface area contributed by atoms with Gasteiger partial charge >= 0.3 is 13.8 Å². The van der Waals surface area contributed by atoms with Crippen molar-refractivity contribution in [1.82, 2.24) is 0 Å². The molecule has 0 bridgehead atoms. The van der Waals surface area contributed by atoms with E-state index in [2.05, 4.69) is 13.8 Å². The Morgan fingerprint density at radius 1 is 0.422 bits per heavy atom. The van der Waals surface area contributed by atoms with Crippen LogP contribution in [0.2, 0.25) is 0 Å². The van der Waals surface area contributed by atoms with Crippen LogP contribution in [-0.2, 0) is 27.9 Å². The van der Waals surface area contributed by atoms with Gasteiger partial charge in [-0.25, -0.2) is 4.57 Å². The average Bonchev–Trinajstić information content (AvgIpc) is 3.25. The summed E-state index contributed by atoms with van der Waals surface area (Å²) in [5, 5.41) is 0. The van der Waals surface area contributed by atoms with E-state index in [-0.39, 0.29) is 25.8 Å². The van der Waals surface area contributed by atoms with Crippen LogP contribution in [0.1, 0.15) is 290 Å². The van der Waals surface area contributed by atoms with Gasteiger partial charge in [0.05, 0.1) is 34.4 Å². The van der Waals surface area contributed by atoms with Crippen LogP contribution < -0.4 is 0 Å². The summed E-state index contributed by atoms with van der Waals surface area (Å²) in [7, 11) is 1.69. The van der Waals surface area contributed by atoms with Gasteiger partial charge in [0.15, 0.2) is 0 Å². The molecule has 0 saturated carbocycles. The minimum Gasteiger partial charge on any atom is -0.457 e. The van der Waals surface area contributed by atoms with Gasteiger partial charge in [-0.3, -0.25) is 13.8 Å². The lowest BCUT2D eigenvalue weighted by Crippen LogP contribution is -2.37. The fourth-order valence-electron chi connectivity index (χ4n) is 8.56. The molecule has 0 aromatic carbocycles. The van der Waals surface area contributed by atoms with Gasteiger partial charge in [0, 0.05) is 13.0 Å². The van der Waals surface area contributed by atoms with E-state index in [4.69, 9.17) is 18.5 Å². The number of phosphoric acid groups is 1. The molecule has 0 heterocycles. The number of carbonyl (C=O) groups is 1. The second kappa shape index (κ2) is 48.9. The summed E-state index contributed by atoms with van der Waals surface area (Å²) < 4.78 is 35.3. The van der Waals surface area contributed by atoms with Crippen molar-refractivity contribution in [1.29, 1.82) is 0 Å². The zero-order valence-corrected chi connectivity index (χ0v) is 44.7. The lowest BCUT2D eigenvalue weighted by atomic mass is 10.0. The molecule has 0 saturated heterocycles. The molecule has 64 heavy (non-hydrogen) atoms. The lowest BCUT2D eigenvalue weighted by molar-refractivity contribution is -0.870. The highest BCUT2D eigenvalue weighted by Gasteiger charge is 2.26. The first-order chi connectivity index (χ1) is 31.1. The number of quaternary nitrogens is 1. The molecule has 2 atom stereocenters. The highest BCUT2D eigenvalue weighted by atomic mass is 31.2. The average molecular weight is 931 g/mol. The van der Waals surface area contributed by atoms with Crippen molar-refractivity contribution in [3.05, 3.63) is 0 Å². The largest absolute Gasteiger partial charge is 0.472 e. The number of unbranched alkanes of at least 4 members (excludes halogenated alkanes) is 40. The number of ether oxygens (including phenoxy) is 2. The topological polar surface area (TPSA) is 91.3 Å². The van der Waals surface area contributed by atoms with Gasteiger partial charge in [-0.1, -0.05) is 271 Å². The van der Waals surface area contributed by atoms with Crippen molar-refractivity contribution >= 4 is 13.8 Å². The summed E-state index contributed by atoms with van der Waals surface area (Å²) in [5.74, 6) is -0.303. The monoisotopic (exact) mass is 931 g/mol. The van der Waals surface area contributed by atoms with Gasteiger partial charge in [0.25, 0.3) is 0 Å². The van der Waals surface area contributed by atoms with Crippen molar-refractivity contribution in [3.63, 3.8) is 0 Å². The highest BCUT2D eigenvalue weighted by Crippen LogP contribution is 2.43. The predicted molar refractivity (Wildman–Crippen MR) is 275 cm³/mol. The van der Waals surface area contributed by atoms with Crippen molar-refractivity contribution < 1.29 is 37.3 Å². The summed E-state index contributed by atoms with van der Waals surface area (Å²) in [6, 6.07) is 0. The second-order valence-corrected chi connectivity index (χ2v) is 22.1. The maximum Gasteiger partial charge on any atom is 0.472 e. The summed E-state index contributed by atoms with van der Waals surface area (Å²) in [4.78, 5) is 23.0. The molecule has 0 radical (unpaired) electrons. The number of rotatable bonds is 54. The maximum atomic E-state index is 12.8. The number of hydrogen-bond donors (Lipinski definition) is 1. The third kappa shape index (κ3) is 52.5. The van der Waals surface area contributed by atoms with Gasteiger partial charge in [-0.15, -0.1) is 0 Å². The first-order valence-corrected chi connectivity index (χ1v) is 29.8. The summed E-state index contributed by atoms with van der Waals surface area (Å²) in [6.45, 7) is 5.72. The first-order valence-electron chi connectivity index (χ1n) is 28.3. The summed E-state index contributed by atoms with van der Waals surface area (Å²) in [5.41, 5.74) is 0. The van der Waals surface area contributed by atoms with Crippen LogP contribution in [-0.4, -0.2) is 75.6 Å². The third-order valence-corrected chi connectivity index (χ3v) is 13.9. The Hall–Kier alpha value is -0.500. The molecular formula is C55H113NO7P+. The molecule has 0 spiro atoms. The van der Waals surface area contributed by atoms with Crippen LogP contribution in [0.5, 0.6) is 0 Å². The van der Waals surface area contributed by atoms with E-state index in [1.165, 1.54) is 238 Å². The number of carbonyl (C=O) groups excluding carboxylic acids is 1. The van der Waals surface area contributed by atoms with Gasteiger partial charge in [-0.05, 0) is 12.8 Å². The molecule has 0 aromatic rings. The second-order valence-electron chi connectivity index (χ2n) is 20.7. The summed E-state index contributed by atoms with van der Waals surface area (Å²) in [6.07, 6.45) is 55.9. The van der Waals surface area contributed by atoms with Crippen LogP contribution >= 0.6 is 7.82 Å². The van der Waals surface area contributed by atoms with Crippen molar-refractivity contribution in [3.8, 4) is 0 Å². The Bertz CT molecular complexity index is 992. The quantitative estimate of drug-likeness (QED) is 0.0281. The Balaban J connectivity index is 4.02.